The zero-order valence-electron chi connectivity index (χ0n) is 16.4. The number of hydrogen-bond acceptors (Lipinski definition) is 1. The van der Waals surface area contributed by atoms with Crippen molar-refractivity contribution < 1.29 is 9.90 Å². The Morgan fingerprint density at radius 2 is 1.04 bits per heavy atom. The third kappa shape index (κ3) is 21.9. The van der Waals surface area contributed by atoms with Crippen LogP contribution in [0.5, 0.6) is 0 Å². The summed E-state index contributed by atoms with van der Waals surface area (Å²) in [6.45, 7) is 2.15. The molecule has 0 saturated carbocycles. The Hall–Kier alpha value is -2.09. The van der Waals surface area contributed by atoms with E-state index in [1.807, 2.05) is 6.08 Å². The first-order valence-corrected chi connectivity index (χ1v) is 9.89. The van der Waals surface area contributed by atoms with Crippen molar-refractivity contribution in [2.24, 2.45) is 0 Å². The van der Waals surface area contributed by atoms with Gasteiger partial charge >= 0.3 is 5.97 Å². The quantitative estimate of drug-likeness (QED) is 0.232. The molecule has 1 N–H and O–H groups in total. The van der Waals surface area contributed by atoms with Crippen LogP contribution >= 0.6 is 0 Å². The van der Waals surface area contributed by atoms with Crippen molar-refractivity contribution in [3.05, 3.63) is 72.9 Å². The molecule has 0 aliphatic rings. The summed E-state index contributed by atoms with van der Waals surface area (Å²) in [5.74, 6) is -0.767. The number of hydrogen-bond donors (Lipinski definition) is 1. The molecule has 0 aromatic carbocycles. The van der Waals surface area contributed by atoms with Crippen LogP contribution in [0.1, 0.15) is 71.1 Å². The summed E-state index contributed by atoms with van der Waals surface area (Å²) in [5.41, 5.74) is 0. The second-order valence-corrected chi connectivity index (χ2v) is 6.05. The maximum Gasteiger partial charge on any atom is 0.307 e. The Morgan fingerprint density at radius 3 is 1.58 bits per heavy atom. The molecule has 0 radical (unpaired) electrons. The molecule has 0 aromatic rings. The predicted molar refractivity (Wildman–Crippen MR) is 114 cm³/mol. The second-order valence-electron chi connectivity index (χ2n) is 6.05. The van der Waals surface area contributed by atoms with Crippen LogP contribution in [0.25, 0.3) is 0 Å². The fraction of sp³-hybridized carbons (Fsp3) is 0.458. The number of carbonyl (C=O) groups is 1. The first-order valence-electron chi connectivity index (χ1n) is 9.89. The van der Waals surface area contributed by atoms with Crippen molar-refractivity contribution in [2.45, 2.75) is 71.1 Å². The van der Waals surface area contributed by atoms with Crippen LogP contribution in [-0.4, -0.2) is 11.1 Å². The Morgan fingerprint density at radius 1 is 0.615 bits per heavy atom. The van der Waals surface area contributed by atoms with Gasteiger partial charge in [0.1, 0.15) is 0 Å². The standard InChI is InChI=1S/C24H36O2/c1-2-3-4-5-6-7-8-9-10-11-12-13-14-15-16-17-18-19-20-21-22-23-24(25)26/h3-4,6-7,9-10,12-13,16-17,21-22H,2,5,8,11,14-15,18-20,23H2,1H3,(H,25,26). The monoisotopic (exact) mass is 356 g/mol. The van der Waals surface area contributed by atoms with Gasteiger partial charge in [0.05, 0.1) is 6.42 Å². The van der Waals surface area contributed by atoms with E-state index in [2.05, 4.69) is 67.7 Å². The third-order valence-corrected chi connectivity index (χ3v) is 3.59. The predicted octanol–water partition coefficient (Wildman–Crippen LogP) is 7.33. The average Bonchev–Trinajstić information content (AvgIpc) is 2.62. The summed E-state index contributed by atoms with van der Waals surface area (Å²) < 4.78 is 0. The van der Waals surface area contributed by atoms with Crippen molar-refractivity contribution in [1.29, 1.82) is 0 Å². The summed E-state index contributed by atoms with van der Waals surface area (Å²) in [6, 6.07) is 0. The van der Waals surface area contributed by atoms with Crippen LogP contribution in [0, 0.1) is 0 Å². The Bertz CT molecular complexity index is 490. The molecular weight excluding hydrogens is 320 g/mol. The van der Waals surface area contributed by atoms with Crippen LogP contribution in [0.4, 0.5) is 0 Å². The lowest BCUT2D eigenvalue weighted by Crippen LogP contribution is -1.89. The summed E-state index contributed by atoms with van der Waals surface area (Å²) in [4.78, 5) is 10.3. The molecule has 144 valence electrons. The maximum atomic E-state index is 10.3. The average molecular weight is 357 g/mol. The van der Waals surface area contributed by atoms with E-state index in [4.69, 9.17) is 5.11 Å². The minimum absolute atomic E-state index is 0.130. The van der Waals surface area contributed by atoms with Crippen LogP contribution < -0.4 is 0 Å². The smallest absolute Gasteiger partial charge is 0.307 e. The lowest BCUT2D eigenvalue weighted by atomic mass is 10.2. The van der Waals surface area contributed by atoms with Gasteiger partial charge in [0.25, 0.3) is 0 Å². The van der Waals surface area contributed by atoms with E-state index in [9.17, 15) is 4.79 Å². The molecule has 0 saturated heterocycles. The summed E-state index contributed by atoms with van der Waals surface area (Å²) in [5, 5.41) is 8.50. The molecule has 0 unspecified atom stereocenters. The molecule has 0 bridgehead atoms. The SMILES string of the molecule is CCC=CCC=CCC=CCC=CCCC=CCCCC=CCC(=O)O. The first kappa shape index (κ1) is 23.9. The molecule has 0 atom stereocenters. The number of carboxylic acids is 1. The lowest BCUT2D eigenvalue weighted by molar-refractivity contribution is -0.136. The number of allylic oxidation sites excluding steroid dienone is 11. The van der Waals surface area contributed by atoms with Gasteiger partial charge in [0, 0.05) is 0 Å². The highest BCUT2D eigenvalue weighted by molar-refractivity contribution is 5.68. The van der Waals surface area contributed by atoms with Crippen LogP contribution in [0.15, 0.2) is 72.9 Å². The highest BCUT2D eigenvalue weighted by atomic mass is 16.4. The highest BCUT2D eigenvalue weighted by Gasteiger charge is 1.88. The van der Waals surface area contributed by atoms with Crippen molar-refractivity contribution in [3.8, 4) is 0 Å². The lowest BCUT2D eigenvalue weighted by Gasteiger charge is -1.91. The van der Waals surface area contributed by atoms with Crippen molar-refractivity contribution in [1.82, 2.24) is 0 Å². The van der Waals surface area contributed by atoms with Gasteiger partial charge < -0.3 is 5.11 Å². The van der Waals surface area contributed by atoms with E-state index >= 15 is 0 Å². The number of unbranched alkanes of at least 4 members (excludes halogenated alkanes) is 3. The summed E-state index contributed by atoms with van der Waals surface area (Å²) >= 11 is 0. The third-order valence-electron chi connectivity index (χ3n) is 3.59. The first-order chi connectivity index (χ1) is 12.8. The number of carboxylic acid groups (broad SMARTS) is 1. The molecule has 2 heteroatoms. The molecule has 2 nitrogen and oxygen atoms in total. The molecular formula is C24H36O2. The zero-order chi connectivity index (χ0) is 19.1. The fourth-order valence-electron chi connectivity index (χ4n) is 2.18. The number of aliphatic carboxylic acids is 1. The second kappa shape index (κ2) is 21.0. The van der Waals surface area contributed by atoms with Gasteiger partial charge in [0.15, 0.2) is 0 Å². The normalized spacial score (nSPS) is 13.0. The van der Waals surface area contributed by atoms with E-state index < -0.39 is 5.97 Å². The molecule has 0 aliphatic heterocycles. The van der Waals surface area contributed by atoms with Gasteiger partial charge in [-0.25, -0.2) is 0 Å². The Balaban J connectivity index is 3.44. The van der Waals surface area contributed by atoms with Crippen molar-refractivity contribution in [3.63, 3.8) is 0 Å². The molecule has 0 heterocycles. The minimum atomic E-state index is -0.767. The Kier molecular flexibility index (Phi) is 19.3. The molecule has 0 spiro atoms. The van der Waals surface area contributed by atoms with E-state index in [0.717, 1.165) is 57.8 Å². The van der Waals surface area contributed by atoms with Crippen LogP contribution in [0.3, 0.4) is 0 Å². The van der Waals surface area contributed by atoms with Crippen molar-refractivity contribution in [2.75, 3.05) is 0 Å². The maximum absolute atomic E-state index is 10.3. The molecule has 0 amide bonds. The number of rotatable bonds is 16. The van der Waals surface area contributed by atoms with Gasteiger partial charge in [-0.3, -0.25) is 4.79 Å². The molecule has 0 aromatic heterocycles. The van der Waals surface area contributed by atoms with Crippen LogP contribution in [0.2, 0.25) is 0 Å². The van der Waals surface area contributed by atoms with E-state index in [1.54, 1.807) is 6.08 Å². The van der Waals surface area contributed by atoms with Gasteiger partial charge in [-0.2, -0.15) is 0 Å². The van der Waals surface area contributed by atoms with Gasteiger partial charge in [-0.05, 0) is 57.8 Å². The van der Waals surface area contributed by atoms with E-state index in [0.29, 0.717) is 0 Å². The highest BCUT2D eigenvalue weighted by Crippen LogP contribution is 2.02. The molecule has 26 heavy (non-hydrogen) atoms. The van der Waals surface area contributed by atoms with Crippen LogP contribution in [-0.2, 0) is 4.79 Å². The largest absolute Gasteiger partial charge is 0.481 e. The molecule has 0 rings (SSSR count). The topological polar surface area (TPSA) is 37.3 Å². The van der Waals surface area contributed by atoms with Gasteiger partial charge in [-0.15, -0.1) is 0 Å². The molecule has 0 fully saturated rings. The van der Waals surface area contributed by atoms with Crippen molar-refractivity contribution >= 4 is 5.97 Å². The minimum Gasteiger partial charge on any atom is -0.481 e. The summed E-state index contributed by atoms with van der Waals surface area (Å²) in [7, 11) is 0. The fourth-order valence-corrected chi connectivity index (χ4v) is 2.18. The van der Waals surface area contributed by atoms with E-state index in [-0.39, 0.29) is 6.42 Å². The molecule has 0 aliphatic carbocycles. The van der Waals surface area contributed by atoms with Gasteiger partial charge in [-0.1, -0.05) is 79.8 Å². The van der Waals surface area contributed by atoms with E-state index in [1.165, 1.54) is 0 Å². The zero-order valence-corrected chi connectivity index (χ0v) is 16.4. The summed E-state index contributed by atoms with van der Waals surface area (Å²) in [6.07, 6.45) is 35.5. The Labute approximate surface area is 160 Å². The van der Waals surface area contributed by atoms with Gasteiger partial charge in [0.2, 0.25) is 0 Å².